The lowest BCUT2D eigenvalue weighted by Crippen LogP contribution is -2.05. The van der Waals surface area contributed by atoms with Crippen molar-refractivity contribution in [3.8, 4) is 5.40 Å². The SMILES string of the molecule is CCCCOCC/C(=C/SC#N)C(=O)O. The third-order valence-corrected chi connectivity index (χ3v) is 2.19. The van der Waals surface area contributed by atoms with Gasteiger partial charge in [-0.1, -0.05) is 13.3 Å². The molecule has 0 fully saturated rings. The number of thioether (sulfide) groups is 1. The summed E-state index contributed by atoms with van der Waals surface area (Å²) in [4.78, 5) is 10.7. The molecule has 0 aromatic carbocycles. The van der Waals surface area contributed by atoms with Crippen molar-refractivity contribution < 1.29 is 14.6 Å². The lowest BCUT2D eigenvalue weighted by atomic mass is 10.2. The van der Waals surface area contributed by atoms with E-state index in [0.717, 1.165) is 24.6 Å². The van der Waals surface area contributed by atoms with Gasteiger partial charge in [-0.15, -0.1) is 0 Å². The fourth-order valence-electron chi connectivity index (χ4n) is 0.844. The molecule has 5 heteroatoms. The van der Waals surface area contributed by atoms with Crippen molar-refractivity contribution in [1.29, 1.82) is 5.26 Å². The van der Waals surface area contributed by atoms with E-state index in [0.29, 0.717) is 19.6 Å². The van der Waals surface area contributed by atoms with E-state index in [2.05, 4.69) is 6.92 Å². The molecule has 0 amide bonds. The molecule has 0 rings (SSSR count). The Labute approximate surface area is 93.9 Å². The van der Waals surface area contributed by atoms with Gasteiger partial charge in [0.05, 0.1) is 6.61 Å². The second kappa shape index (κ2) is 9.56. The van der Waals surface area contributed by atoms with Gasteiger partial charge in [-0.25, -0.2) is 4.79 Å². The lowest BCUT2D eigenvalue weighted by Gasteiger charge is -2.03. The molecular weight excluding hydrogens is 214 g/mol. The molecule has 84 valence electrons. The molecular formula is C10H15NO3S. The van der Waals surface area contributed by atoms with Crippen LogP contribution in [0.15, 0.2) is 11.0 Å². The predicted octanol–water partition coefficient (Wildman–Crippen LogP) is 2.38. The summed E-state index contributed by atoms with van der Waals surface area (Å²) in [6.45, 7) is 3.12. The second-order valence-electron chi connectivity index (χ2n) is 2.87. The molecule has 0 aliphatic rings. The normalized spacial score (nSPS) is 11.1. The summed E-state index contributed by atoms with van der Waals surface area (Å²) in [6.07, 6.45) is 2.39. The Bertz CT molecular complexity index is 258. The summed E-state index contributed by atoms with van der Waals surface area (Å²) in [5.74, 6) is -0.989. The van der Waals surface area contributed by atoms with Gasteiger partial charge in [0.1, 0.15) is 5.40 Å². The topological polar surface area (TPSA) is 70.3 Å². The number of nitrogens with zero attached hydrogens (tertiary/aromatic N) is 1. The molecule has 4 nitrogen and oxygen atoms in total. The second-order valence-corrected chi connectivity index (χ2v) is 3.53. The first-order valence-electron chi connectivity index (χ1n) is 4.77. The van der Waals surface area contributed by atoms with Crippen LogP contribution in [0.1, 0.15) is 26.2 Å². The number of hydrogen-bond donors (Lipinski definition) is 1. The molecule has 0 aromatic heterocycles. The standard InChI is InChI=1S/C10H15NO3S/c1-2-3-5-14-6-4-9(10(12)13)7-15-8-11/h7H,2-6H2,1H3,(H,12,13)/b9-7-. The minimum absolute atomic E-state index is 0.220. The van der Waals surface area contributed by atoms with Crippen molar-refractivity contribution in [2.24, 2.45) is 0 Å². The number of hydrogen-bond acceptors (Lipinski definition) is 4. The van der Waals surface area contributed by atoms with Crippen molar-refractivity contribution in [3.05, 3.63) is 11.0 Å². The molecule has 15 heavy (non-hydrogen) atoms. The molecule has 0 spiro atoms. The number of ether oxygens (including phenoxy) is 1. The zero-order valence-corrected chi connectivity index (χ0v) is 9.55. The minimum Gasteiger partial charge on any atom is -0.478 e. The molecule has 1 N–H and O–H groups in total. The van der Waals surface area contributed by atoms with Gasteiger partial charge in [0.2, 0.25) is 0 Å². The lowest BCUT2D eigenvalue weighted by molar-refractivity contribution is -0.132. The van der Waals surface area contributed by atoms with E-state index < -0.39 is 5.97 Å². The molecule has 0 aliphatic carbocycles. The van der Waals surface area contributed by atoms with Crippen molar-refractivity contribution >= 4 is 17.7 Å². The van der Waals surface area contributed by atoms with Crippen molar-refractivity contribution in [2.75, 3.05) is 13.2 Å². The maximum atomic E-state index is 10.7. The first kappa shape index (κ1) is 14.0. The molecule has 0 radical (unpaired) electrons. The number of thiocyanates is 1. The Morgan fingerprint density at radius 2 is 2.33 bits per heavy atom. The number of nitriles is 1. The molecule has 0 saturated carbocycles. The summed E-state index contributed by atoms with van der Waals surface area (Å²) in [5, 5.41) is 20.2. The van der Waals surface area contributed by atoms with Gasteiger partial charge in [0.25, 0.3) is 0 Å². The number of rotatable bonds is 8. The van der Waals surface area contributed by atoms with E-state index in [9.17, 15) is 4.79 Å². The summed E-state index contributed by atoms with van der Waals surface area (Å²) in [7, 11) is 0. The largest absolute Gasteiger partial charge is 0.478 e. The number of aliphatic carboxylic acids is 1. The maximum Gasteiger partial charge on any atom is 0.332 e. The number of carboxylic acid groups (broad SMARTS) is 1. The van der Waals surface area contributed by atoms with Crippen LogP contribution in [0, 0.1) is 10.7 Å². The highest BCUT2D eigenvalue weighted by atomic mass is 32.2. The van der Waals surface area contributed by atoms with E-state index in [1.54, 1.807) is 5.40 Å². The van der Waals surface area contributed by atoms with Crippen molar-refractivity contribution in [1.82, 2.24) is 0 Å². The van der Waals surface area contributed by atoms with Gasteiger partial charge >= 0.3 is 5.97 Å². The Morgan fingerprint density at radius 3 is 2.87 bits per heavy atom. The highest BCUT2D eigenvalue weighted by Crippen LogP contribution is 2.09. The van der Waals surface area contributed by atoms with E-state index in [1.807, 2.05) is 0 Å². The molecule has 0 unspecified atom stereocenters. The minimum atomic E-state index is -0.989. The van der Waals surface area contributed by atoms with Crippen molar-refractivity contribution in [3.63, 3.8) is 0 Å². The van der Waals surface area contributed by atoms with Crippen LogP contribution in [-0.2, 0) is 9.53 Å². The first-order valence-corrected chi connectivity index (χ1v) is 5.65. The van der Waals surface area contributed by atoms with E-state index >= 15 is 0 Å². The predicted molar refractivity (Wildman–Crippen MR) is 59.3 cm³/mol. The summed E-state index contributed by atoms with van der Waals surface area (Å²) in [6, 6.07) is 0. The van der Waals surface area contributed by atoms with Crippen LogP contribution in [0.25, 0.3) is 0 Å². The highest BCUT2D eigenvalue weighted by molar-refractivity contribution is 8.06. The fraction of sp³-hybridized carbons (Fsp3) is 0.600. The maximum absolute atomic E-state index is 10.7. The van der Waals surface area contributed by atoms with E-state index in [1.165, 1.54) is 5.41 Å². The average Bonchev–Trinajstić information content (AvgIpc) is 2.21. The van der Waals surface area contributed by atoms with Gasteiger partial charge in [-0.3, -0.25) is 0 Å². The number of carboxylic acids is 1. The van der Waals surface area contributed by atoms with Gasteiger partial charge in [-0.2, -0.15) is 5.26 Å². The van der Waals surface area contributed by atoms with Crippen LogP contribution in [0.4, 0.5) is 0 Å². The van der Waals surface area contributed by atoms with Crippen LogP contribution in [0.5, 0.6) is 0 Å². The highest BCUT2D eigenvalue weighted by Gasteiger charge is 2.06. The van der Waals surface area contributed by atoms with Gasteiger partial charge in [0.15, 0.2) is 0 Å². The van der Waals surface area contributed by atoms with Gasteiger partial charge in [-0.05, 0) is 23.6 Å². The van der Waals surface area contributed by atoms with Crippen LogP contribution < -0.4 is 0 Å². The number of unbranched alkanes of at least 4 members (excludes halogenated alkanes) is 1. The molecule has 0 heterocycles. The third kappa shape index (κ3) is 8.03. The zero-order valence-electron chi connectivity index (χ0n) is 8.73. The van der Waals surface area contributed by atoms with Gasteiger partial charge < -0.3 is 9.84 Å². The monoisotopic (exact) mass is 229 g/mol. The molecule has 0 atom stereocenters. The Kier molecular flexibility index (Phi) is 8.93. The average molecular weight is 229 g/mol. The Hall–Kier alpha value is -0.990. The summed E-state index contributed by atoms with van der Waals surface area (Å²) in [5.41, 5.74) is 0.220. The smallest absolute Gasteiger partial charge is 0.332 e. The van der Waals surface area contributed by atoms with E-state index in [-0.39, 0.29) is 5.57 Å². The molecule has 0 saturated heterocycles. The fourth-order valence-corrected chi connectivity index (χ4v) is 1.26. The molecule has 0 bridgehead atoms. The van der Waals surface area contributed by atoms with Gasteiger partial charge in [0, 0.05) is 18.6 Å². The molecule has 0 aromatic rings. The molecule has 0 aliphatic heterocycles. The Balaban J connectivity index is 3.78. The van der Waals surface area contributed by atoms with Crippen molar-refractivity contribution in [2.45, 2.75) is 26.2 Å². The quantitative estimate of drug-likeness (QED) is 0.393. The summed E-state index contributed by atoms with van der Waals surface area (Å²) >= 11 is 0.820. The summed E-state index contributed by atoms with van der Waals surface area (Å²) < 4.78 is 5.24. The number of carbonyl (C=O) groups is 1. The first-order chi connectivity index (χ1) is 7.22. The van der Waals surface area contributed by atoms with Crippen LogP contribution in [0.3, 0.4) is 0 Å². The van der Waals surface area contributed by atoms with E-state index in [4.69, 9.17) is 15.1 Å². The van der Waals surface area contributed by atoms with Crippen LogP contribution >= 0.6 is 11.8 Å². The Morgan fingerprint density at radius 1 is 1.60 bits per heavy atom. The zero-order chi connectivity index (χ0) is 11.5. The third-order valence-electron chi connectivity index (χ3n) is 1.69. The van der Waals surface area contributed by atoms with Crippen LogP contribution in [0.2, 0.25) is 0 Å². The van der Waals surface area contributed by atoms with Crippen LogP contribution in [-0.4, -0.2) is 24.3 Å².